The molecule has 0 bridgehead atoms. The fourth-order valence-electron chi connectivity index (χ4n) is 3.38. The van der Waals surface area contributed by atoms with Gasteiger partial charge in [0.2, 0.25) is 0 Å². The molecule has 0 unspecified atom stereocenters. The third-order valence-electron chi connectivity index (χ3n) is 5.00. The summed E-state index contributed by atoms with van der Waals surface area (Å²) in [6.45, 7) is 3.49. The number of hydrogen-bond donors (Lipinski definition) is 1. The number of methoxy groups -OCH3 is 1. The summed E-state index contributed by atoms with van der Waals surface area (Å²) in [7, 11) is 1.33. The van der Waals surface area contributed by atoms with Crippen LogP contribution in [0.15, 0.2) is 36.4 Å². The normalized spacial score (nSPS) is 14.0. The van der Waals surface area contributed by atoms with Crippen LogP contribution >= 0.6 is 0 Å². The second-order valence-electron chi connectivity index (χ2n) is 6.86. The van der Waals surface area contributed by atoms with Gasteiger partial charge in [-0.1, -0.05) is 12.1 Å². The van der Waals surface area contributed by atoms with E-state index in [1.807, 2.05) is 12.1 Å². The third-order valence-corrected chi connectivity index (χ3v) is 5.00. The van der Waals surface area contributed by atoms with Gasteiger partial charge in [-0.15, -0.1) is 0 Å². The first-order valence-corrected chi connectivity index (χ1v) is 9.27. The molecule has 5 heteroatoms. The Hall–Kier alpha value is -2.82. The van der Waals surface area contributed by atoms with E-state index in [1.165, 1.54) is 31.1 Å². The predicted molar refractivity (Wildman–Crippen MR) is 104 cm³/mol. The number of esters is 1. The SMILES string of the molecule is COC(=O)c1cccc(NC(=O)[C@@H](C)Oc2ccc3c(c2)CCCC3)c1C. The zero-order valence-corrected chi connectivity index (χ0v) is 16.0. The Kier molecular flexibility index (Phi) is 5.79. The molecule has 0 saturated heterocycles. The Morgan fingerprint density at radius 2 is 1.81 bits per heavy atom. The van der Waals surface area contributed by atoms with Crippen LogP contribution in [0.2, 0.25) is 0 Å². The van der Waals surface area contributed by atoms with Crippen LogP contribution in [0, 0.1) is 6.92 Å². The van der Waals surface area contributed by atoms with Gasteiger partial charge in [0.25, 0.3) is 5.91 Å². The molecular formula is C22H25NO4. The van der Waals surface area contributed by atoms with Crippen molar-refractivity contribution < 1.29 is 19.1 Å². The van der Waals surface area contributed by atoms with Gasteiger partial charge in [0.05, 0.1) is 12.7 Å². The van der Waals surface area contributed by atoms with E-state index in [-0.39, 0.29) is 5.91 Å². The van der Waals surface area contributed by atoms with E-state index in [0.717, 1.165) is 12.8 Å². The summed E-state index contributed by atoms with van der Waals surface area (Å²) in [5.41, 5.74) is 4.36. The van der Waals surface area contributed by atoms with Crippen molar-refractivity contribution in [3.63, 3.8) is 0 Å². The van der Waals surface area contributed by atoms with E-state index < -0.39 is 12.1 Å². The van der Waals surface area contributed by atoms with Gasteiger partial charge >= 0.3 is 5.97 Å². The monoisotopic (exact) mass is 367 g/mol. The minimum Gasteiger partial charge on any atom is -0.481 e. The number of aryl methyl sites for hydroxylation is 2. The van der Waals surface area contributed by atoms with Gasteiger partial charge in [-0.2, -0.15) is 0 Å². The topological polar surface area (TPSA) is 64.6 Å². The molecule has 142 valence electrons. The van der Waals surface area contributed by atoms with Gasteiger partial charge in [-0.25, -0.2) is 4.79 Å². The largest absolute Gasteiger partial charge is 0.481 e. The van der Waals surface area contributed by atoms with Crippen molar-refractivity contribution in [2.75, 3.05) is 12.4 Å². The highest BCUT2D eigenvalue weighted by molar-refractivity contribution is 5.98. The van der Waals surface area contributed by atoms with Gasteiger partial charge in [-0.05, 0) is 80.5 Å². The van der Waals surface area contributed by atoms with Gasteiger partial charge in [0.15, 0.2) is 6.10 Å². The lowest BCUT2D eigenvalue weighted by molar-refractivity contribution is -0.122. The molecule has 0 spiro atoms. The molecule has 2 aromatic carbocycles. The maximum atomic E-state index is 12.6. The number of ether oxygens (including phenoxy) is 2. The molecule has 0 fully saturated rings. The highest BCUT2D eigenvalue weighted by Gasteiger charge is 2.19. The third kappa shape index (κ3) is 4.30. The highest BCUT2D eigenvalue weighted by Crippen LogP contribution is 2.26. The van der Waals surface area contributed by atoms with Crippen molar-refractivity contribution in [1.82, 2.24) is 0 Å². The van der Waals surface area contributed by atoms with Gasteiger partial charge < -0.3 is 14.8 Å². The molecule has 2 aromatic rings. The quantitative estimate of drug-likeness (QED) is 0.809. The Labute approximate surface area is 159 Å². The van der Waals surface area contributed by atoms with E-state index in [1.54, 1.807) is 32.0 Å². The fourth-order valence-corrected chi connectivity index (χ4v) is 3.38. The molecule has 1 aliphatic rings. The standard InChI is InChI=1S/C22H25NO4/c1-14-19(22(25)26-3)9-6-10-20(14)23-21(24)15(2)27-18-12-11-16-7-4-5-8-17(16)13-18/h6,9-13,15H,4-5,7-8H2,1-3H3,(H,23,24)/t15-/m1/s1. The molecule has 3 rings (SSSR count). The molecule has 0 saturated carbocycles. The number of rotatable bonds is 5. The highest BCUT2D eigenvalue weighted by atomic mass is 16.5. The molecule has 1 amide bonds. The van der Waals surface area contributed by atoms with Crippen LogP contribution < -0.4 is 10.1 Å². The maximum Gasteiger partial charge on any atom is 0.338 e. The van der Waals surface area contributed by atoms with Crippen molar-refractivity contribution in [2.24, 2.45) is 0 Å². The second kappa shape index (κ2) is 8.25. The van der Waals surface area contributed by atoms with Crippen LogP contribution in [-0.2, 0) is 22.4 Å². The minimum absolute atomic E-state index is 0.266. The second-order valence-corrected chi connectivity index (χ2v) is 6.86. The molecule has 0 heterocycles. The van der Waals surface area contributed by atoms with E-state index >= 15 is 0 Å². The average Bonchev–Trinajstić information content (AvgIpc) is 2.68. The van der Waals surface area contributed by atoms with Gasteiger partial charge in [-0.3, -0.25) is 4.79 Å². The van der Waals surface area contributed by atoms with Gasteiger partial charge in [0, 0.05) is 5.69 Å². The van der Waals surface area contributed by atoms with Crippen molar-refractivity contribution in [3.05, 3.63) is 58.7 Å². The lowest BCUT2D eigenvalue weighted by Gasteiger charge is -2.19. The van der Waals surface area contributed by atoms with Crippen LogP contribution in [0.25, 0.3) is 0 Å². The zero-order valence-electron chi connectivity index (χ0n) is 16.0. The van der Waals surface area contributed by atoms with Crippen molar-refractivity contribution in [1.29, 1.82) is 0 Å². The summed E-state index contributed by atoms with van der Waals surface area (Å²) in [6.07, 6.45) is 3.94. The lowest BCUT2D eigenvalue weighted by atomic mass is 9.92. The number of benzene rings is 2. The summed E-state index contributed by atoms with van der Waals surface area (Å²) >= 11 is 0. The van der Waals surface area contributed by atoms with Crippen molar-refractivity contribution in [2.45, 2.75) is 45.6 Å². The molecule has 1 atom stereocenters. The molecule has 0 aromatic heterocycles. The summed E-state index contributed by atoms with van der Waals surface area (Å²) in [6, 6.07) is 11.2. The van der Waals surface area contributed by atoms with Crippen LogP contribution in [0.3, 0.4) is 0 Å². The number of nitrogens with one attached hydrogen (secondary N) is 1. The molecule has 0 radical (unpaired) electrons. The first-order chi connectivity index (χ1) is 13.0. The summed E-state index contributed by atoms with van der Waals surface area (Å²) in [5, 5.41) is 2.84. The number of amides is 1. The lowest BCUT2D eigenvalue weighted by Crippen LogP contribution is -2.30. The molecule has 1 N–H and O–H groups in total. The Morgan fingerprint density at radius 3 is 2.56 bits per heavy atom. The summed E-state index contributed by atoms with van der Waals surface area (Å²) in [4.78, 5) is 24.4. The predicted octanol–water partition coefficient (Wildman–Crippen LogP) is 4.07. The van der Waals surface area contributed by atoms with E-state index in [0.29, 0.717) is 22.6 Å². The maximum absolute atomic E-state index is 12.6. The van der Waals surface area contributed by atoms with Crippen molar-refractivity contribution in [3.8, 4) is 5.75 Å². The van der Waals surface area contributed by atoms with Crippen LogP contribution in [0.4, 0.5) is 5.69 Å². The smallest absolute Gasteiger partial charge is 0.338 e. The van der Waals surface area contributed by atoms with E-state index in [2.05, 4.69) is 11.4 Å². The number of fused-ring (bicyclic) bond motifs is 1. The van der Waals surface area contributed by atoms with Crippen LogP contribution in [0.1, 0.15) is 46.8 Å². The van der Waals surface area contributed by atoms with Crippen LogP contribution in [0.5, 0.6) is 5.75 Å². The minimum atomic E-state index is -0.659. The summed E-state index contributed by atoms with van der Waals surface area (Å²) in [5.74, 6) is 0.0122. The number of carbonyl (C=O) groups is 2. The number of carbonyl (C=O) groups excluding carboxylic acids is 2. The van der Waals surface area contributed by atoms with Crippen LogP contribution in [-0.4, -0.2) is 25.1 Å². The average molecular weight is 367 g/mol. The Bertz CT molecular complexity index is 859. The fraction of sp³-hybridized carbons (Fsp3) is 0.364. The van der Waals surface area contributed by atoms with E-state index in [4.69, 9.17) is 9.47 Å². The first kappa shape index (κ1) is 19.0. The Morgan fingerprint density at radius 1 is 1.07 bits per heavy atom. The molecule has 0 aliphatic heterocycles. The number of anilines is 1. The molecular weight excluding hydrogens is 342 g/mol. The van der Waals surface area contributed by atoms with Gasteiger partial charge in [0.1, 0.15) is 5.75 Å². The molecule has 5 nitrogen and oxygen atoms in total. The number of hydrogen-bond acceptors (Lipinski definition) is 4. The van der Waals surface area contributed by atoms with E-state index in [9.17, 15) is 9.59 Å². The van der Waals surface area contributed by atoms with Crippen molar-refractivity contribution >= 4 is 17.6 Å². The summed E-state index contributed by atoms with van der Waals surface area (Å²) < 4.78 is 10.6. The zero-order chi connectivity index (χ0) is 19.4. The first-order valence-electron chi connectivity index (χ1n) is 9.27. The molecule has 1 aliphatic carbocycles. The molecule has 27 heavy (non-hydrogen) atoms. The Balaban J connectivity index is 1.69.